The van der Waals surface area contributed by atoms with Gasteiger partial charge in [0.1, 0.15) is 0 Å². The summed E-state index contributed by atoms with van der Waals surface area (Å²) in [4.78, 5) is 39.4. The topological polar surface area (TPSA) is 80.1 Å². The average molecular weight is 391 g/mol. The number of carbonyl (C=O) groups is 3. The normalized spacial score (nSPS) is 19.0. The number of benzene rings is 1. The van der Waals surface area contributed by atoms with Crippen LogP contribution in [-0.2, 0) is 14.3 Å². The lowest BCUT2D eigenvalue weighted by Gasteiger charge is -2.27. The summed E-state index contributed by atoms with van der Waals surface area (Å²) in [6, 6.07) is 7.01. The molecule has 1 aromatic carbocycles. The quantitative estimate of drug-likeness (QED) is 0.648. The molecular weight excluding hydrogens is 358 g/mol. The van der Waals surface area contributed by atoms with Gasteiger partial charge in [-0.25, -0.2) is 0 Å². The molecule has 1 saturated heterocycles. The van der Waals surface area contributed by atoms with E-state index in [0.717, 1.165) is 25.9 Å². The molecular formula is C21H32N3O4+. The summed E-state index contributed by atoms with van der Waals surface area (Å²) in [6.07, 6.45) is 1.51. The van der Waals surface area contributed by atoms with Crippen LogP contribution in [0.5, 0.6) is 0 Å². The molecule has 0 bridgehead atoms. The van der Waals surface area contributed by atoms with Gasteiger partial charge in [-0.2, -0.15) is 0 Å². The predicted octanol–water partition coefficient (Wildman–Crippen LogP) is 0.965. The molecule has 1 aromatic rings. The first-order chi connectivity index (χ1) is 13.5. The number of hydrogen-bond acceptors (Lipinski definition) is 4. The minimum Gasteiger partial charge on any atom is -0.466 e. The number of nitrogens with one attached hydrogen (secondary N) is 2. The van der Waals surface area contributed by atoms with Crippen LogP contribution in [0.1, 0.15) is 44.0 Å². The molecule has 2 N–H and O–H groups in total. The van der Waals surface area contributed by atoms with Crippen LogP contribution in [-0.4, -0.2) is 62.0 Å². The van der Waals surface area contributed by atoms with Crippen molar-refractivity contribution in [2.24, 2.45) is 5.92 Å². The lowest BCUT2D eigenvalue weighted by Crippen LogP contribution is -3.14. The van der Waals surface area contributed by atoms with Crippen molar-refractivity contribution >= 4 is 23.5 Å². The molecule has 0 unspecified atom stereocenters. The van der Waals surface area contributed by atoms with Crippen molar-refractivity contribution in [3.63, 3.8) is 0 Å². The molecule has 0 spiro atoms. The lowest BCUT2D eigenvalue weighted by molar-refractivity contribution is -0.897. The number of nitrogens with zero attached hydrogens (tertiary/aromatic N) is 1. The highest BCUT2D eigenvalue weighted by molar-refractivity contribution is 5.96. The maximum atomic E-state index is 12.3. The molecule has 0 aliphatic carbocycles. The monoisotopic (exact) mass is 390 g/mol. The zero-order valence-corrected chi connectivity index (χ0v) is 17.1. The number of esters is 1. The van der Waals surface area contributed by atoms with E-state index in [9.17, 15) is 14.4 Å². The van der Waals surface area contributed by atoms with Gasteiger partial charge in [-0.15, -0.1) is 0 Å². The van der Waals surface area contributed by atoms with Crippen LogP contribution in [0, 0.1) is 5.92 Å². The summed E-state index contributed by atoms with van der Waals surface area (Å²) in [5.74, 6) is -0.225. The first-order valence-electron chi connectivity index (χ1n) is 10.2. The number of likely N-dealkylation sites (tertiary alicyclic amines) is 1. The molecule has 0 atom stereocenters. The third kappa shape index (κ3) is 6.05. The molecule has 1 aliphatic heterocycles. The van der Waals surface area contributed by atoms with Gasteiger partial charge in [0, 0.05) is 37.2 Å². The zero-order valence-electron chi connectivity index (χ0n) is 17.1. The Balaban J connectivity index is 1.81. The zero-order chi connectivity index (χ0) is 20.5. The maximum absolute atomic E-state index is 12.3. The fourth-order valence-corrected chi connectivity index (χ4v) is 3.52. The summed E-state index contributed by atoms with van der Waals surface area (Å²) in [5.41, 5.74) is 1.30. The van der Waals surface area contributed by atoms with Gasteiger partial charge in [0.15, 0.2) is 6.54 Å². The van der Waals surface area contributed by atoms with E-state index in [0.29, 0.717) is 37.5 Å². The van der Waals surface area contributed by atoms with E-state index >= 15 is 0 Å². The molecule has 7 heteroatoms. The minimum absolute atomic E-state index is 0.00297. The van der Waals surface area contributed by atoms with Crippen LogP contribution in [0.2, 0.25) is 0 Å². The Morgan fingerprint density at radius 3 is 2.21 bits per heavy atom. The van der Waals surface area contributed by atoms with Crippen molar-refractivity contribution in [1.29, 1.82) is 0 Å². The fourth-order valence-electron chi connectivity index (χ4n) is 3.52. The Hall–Kier alpha value is -2.41. The second-order valence-corrected chi connectivity index (χ2v) is 7.06. The SMILES string of the molecule is CCOC(=O)C1CC[NH+](CC(=O)Nc2ccc(C(=O)N(CC)CC)cc2)CC1. The van der Waals surface area contributed by atoms with E-state index in [2.05, 4.69) is 5.32 Å². The third-order valence-corrected chi connectivity index (χ3v) is 5.19. The molecule has 2 amide bonds. The van der Waals surface area contributed by atoms with E-state index in [4.69, 9.17) is 4.74 Å². The number of amides is 2. The lowest BCUT2D eigenvalue weighted by atomic mass is 9.97. The molecule has 2 rings (SSSR count). The Bertz CT molecular complexity index is 663. The van der Waals surface area contributed by atoms with Gasteiger partial charge in [0.05, 0.1) is 25.6 Å². The van der Waals surface area contributed by atoms with E-state index in [1.54, 1.807) is 29.2 Å². The number of rotatable bonds is 8. The van der Waals surface area contributed by atoms with Crippen LogP contribution < -0.4 is 10.2 Å². The standard InChI is InChI=1S/C21H31N3O4/c1-4-24(5-2)20(26)16-7-9-18(10-8-16)22-19(25)15-23-13-11-17(12-14-23)21(27)28-6-3/h7-10,17H,4-6,11-15H2,1-3H3,(H,22,25)/p+1. The van der Waals surface area contributed by atoms with Crippen LogP contribution >= 0.6 is 0 Å². The Labute approximate surface area is 167 Å². The van der Waals surface area contributed by atoms with Crippen molar-refractivity contribution < 1.29 is 24.0 Å². The third-order valence-electron chi connectivity index (χ3n) is 5.19. The van der Waals surface area contributed by atoms with Crippen molar-refractivity contribution in [2.45, 2.75) is 33.6 Å². The molecule has 1 fully saturated rings. The first kappa shape index (κ1) is 21.9. The van der Waals surface area contributed by atoms with Crippen LogP contribution in [0.4, 0.5) is 5.69 Å². The van der Waals surface area contributed by atoms with Crippen LogP contribution in [0.25, 0.3) is 0 Å². The maximum Gasteiger partial charge on any atom is 0.309 e. The smallest absolute Gasteiger partial charge is 0.309 e. The number of piperidine rings is 1. The minimum atomic E-state index is -0.120. The average Bonchev–Trinajstić information content (AvgIpc) is 2.70. The van der Waals surface area contributed by atoms with Crippen LogP contribution in [0.3, 0.4) is 0 Å². The van der Waals surface area contributed by atoms with Crippen LogP contribution in [0.15, 0.2) is 24.3 Å². The Morgan fingerprint density at radius 1 is 1.07 bits per heavy atom. The van der Waals surface area contributed by atoms with E-state index in [-0.39, 0.29) is 23.7 Å². The molecule has 1 heterocycles. The van der Waals surface area contributed by atoms with Gasteiger partial charge in [-0.3, -0.25) is 14.4 Å². The second kappa shape index (κ2) is 10.8. The van der Waals surface area contributed by atoms with Gasteiger partial charge < -0.3 is 19.9 Å². The molecule has 7 nitrogen and oxygen atoms in total. The molecule has 1 aliphatic rings. The van der Waals surface area contributed by atoms with Crippen molar-refractivity contribution in [2.75, 3.05) is 44.6 Å². The highest BCUT2D eigenvalue weighted by Gasteiger charge is 2.29. The summed E-state index contributed by atoms with van der Waals surface area (Å²) >= 11 is 0. The number of anilines is 1. The highest BCUT2D eigenvalue weighted by Crippen LogP contribution is 2.13. The van der Waals surface area contributed by atoms with Crippen molar-refractivity contribution in [1.82, 2.24) is 4.90 Å². The molecule has 154 valence electrons. The fraction of sp³-hybridized carbons (Fsp3) is 0.571. The van der Waals surface area contributed by atoms with Crippen molar-refractivity contribution in [3.8, 4) is 0 Å². The second-order valence-electron chi connectivity index (χ2n) is 7.06. The number of carbonyl (C=O) groups excluding carboxylic acids is 3. The summed E-state index contributed by atoms with van der Waals surface area (Å²) in [7, 11) is 0. The molecule has 0 radical (unpaired) electrons. The first-order valence-corrected chi connectivity index (χ1v) is 10.2. The molecule has 0 saturated carbocycles. The van der Waals surface area contributed by atoms with Gasteiger partial charge in [0.25, 0.3) is 11.8 Å². The largest absolute Gasteiger partial charge is 0.466 e. The molecule has 0 aromatic heterocycles. The van der Waals surface area contributed by atoms with Crippen molar-refractivity contribution in [3.05, 3.63) is 29.8 Å². The van der Waals surface area contributed by atoms with Gasteiger partial charge >= 0.3 is 5.97 Å². The van der Waals surface area contributed by atoms with E-state index in [1.807, 2.05) is 20.8 Å². The summed E-state index contributed by atoms with van der Waals surface area (Å²) in [5, 5.41) is 2.89. The highest BCUT2D eigenvalue weighted by atomic mass is 16.5. The summed E-state index contributed by atoms with van der Waals surface area (Å²) < 4.78 is 5.08. The Morgan fingerprint density at radius 2 is 1.68 bits per heavy atom. The predicted molar refractivity (Wildman–Crippen MR) is 107 cm³/mol. The van der Waals surface area contributed by atoms with Gasteiger partial charge in [-0.1, -0.05) is 0 Å². The Kier molecular flexibility index (Phi) is 8.44. The van der Waals surface area contributed by atoms with E-state index in [1.165, 1.54) is 4.90 Å². The number of quaternary nitrogens is 1. The number of hydrogen-bond donors (Lipinski definition) is 2. The van der Waals surface area contributed by atoms with Gasteiger partial charge in [-0.05, 0) is 45.0 Å². The van der Waals surface area contributed by atoms with E-state index < -0.39 is 0 Å². The number of ether oxygens (including phenoxy) is 1. The molecule has 28 heavy (non-hydrogen) atoms. The summed E-state index contributed by atoms with van der Waals surface area (Å²) in [6.45, 7) is 9.41. The van der Waals surface area contributed by atoms with Gasteiger partial charge in [0.2, 0.25) is 0 Å².